The van der Waals surface area contributed by atoms with E-state index in [0.29, 0.717) is 53.4 Å². The molecule has 3 amide bonds. The van der Waals surface area contributed by atoms with E-state index in [0.717, 1.165) is 19.3 Å². The van der Waals surface area contributed by atoms with Crippen LogP contribution in [0.5, 0.6) is 0 Å². The van der Waals surface area contributed by atoms with Crippen molar-refractivity contribution in [3.05, 3.63) is 41.3 Å². The number of nitrogens with two attached hydrogens (primary N) is 2. The molecule has 0 radical (unpaired) electrons. The Bertz CT molecular complexity index is 1090. The zero-order valence-electron chi connectivity index (χ0n) is 18.0. The number of carbonyl (C=O) groups excluding carboxylic acids is 2. The Balaban J connectivity index is 1.56. The van der Waals surface area contributed by atoms with Crippen LogP contribution in [-0.4, -0.2) is 33.2 Å². The highest BCUT2D eigenvalue weighted by Gasteiger charge is 2.58. The summed E-state index contributed by atoms with van der Waals surface area (Å²) in [5, 5.41) is 4.73. The molecule has 0 spiro atoms. The topological polar surface area (TPSA) is 107 Å². The van der Waals surface area contributed by atoms with Gasteiger partial charge in [-0.2, -0.15) is 5.10 Å². The quantitative estimate of drug-likeness (QED) is 0.768. The Hall–Kier alpha value is -2.90. The molecule has 168 valence electrons. The summed E-state index contributed by atoms with van der Waals surface area (Å²) in [6.45, 7) is 0.869. The molecule has 1 aromatic carbocycles. The van der Waals surface area contributed by atoms with E-state index in [-0.39, 0.29) is 11.5 Å². The highest BCUT2D eigenvalue weighted by Crippen LogP contribution is 2.65. The predicted molar refractivity (Wildman–Crippen MR) is 116 cm³/mol. The Labute approximate surface area is 185 Å². The Morgan fingerprint density at radius 1 is 1.03 bits per heavy atom. The van der Waals surface area contributed by atoms with E-state index in [9.17, 15) is 14.0 Å². The van der Waals surface area contributed by atoms with Gasteiger partial charge in [0.15, 0.2) is 0 Å². The first-order valence-corrected chi connectivity index (χ1v) is 11.6. The van der Waals surface area contributed by atoms with Crippen LogP contribution in [0.25, 0.3) is 11.3 Å². The lowest BCUT2D eigenvalue weighted by Gasteiger charge is -2.61. The summed E-state index contributed by atoms with van der Waals surface area (Å²) < 4.78 is 15.8. The number of rotatable bonds is 3. The van der Waals surface area contributed by atoms with Crippen molar-refractivity contribution < 1.29 is 14.0 Å². The van der Waals surface area contributed by atoms with Gasteiger partial charge in [-0.25, -0.2) is 9.18 Å². The number of hydrogen-bond donors (Lipinski definition) is 2. The van der Waals surface area contributed by atoms with Gasteiger partial charge in [0.2, 0.25) is 0 Å². The van der Waals surface area contributed by atoms with Crippen LogP contribution in [-0.2, 0) is 6.54 Å². The lowest BCUT2D eigenvalue weighted by atomic mass is 9.47. The molecule has 2 heterocycles. The van der Waals surface area contributed by atoms with Gasteiger partial charge in [0.1, 0.15) is 11.5 Å². The number of halogens is 1. The van der Waals surface area contributed by atoms with Gasteiger partial charge in [-0.1, -0.05) is 12.1 Å². The molecule has 4 fully saturated rings. The van der Waals surface area contributed by atoms with E-state index in [2.05, 4.69) is 0 Å². The number of amides is 3. The molecule has 4 N–H and O–H groups in total. The predicted octanol–water partition coefficient (Wildman–Crippen LogP) is 3.44. The standard InChI is InChI=1S/C24H28FN5O2/c25-17-3-1-2-16(9-17)19-18(22(26)31)20-21(29(23(27)32)4-5-30(20)28-19)24-10-13-6-14(11-24)8-15(7-13)12-24/h1-3,9,13-15,21H,4-8,10-12H2,(H2,26,31)(H2,27,32). The van der Waals surface area contributed by atoms with Gasteiger partial charge in [-0.3, -0.25) is 9.48 Å². The van der Waals surface area contributed by atoms with Crippen molar-refractivity contribution in [3.8, 4) is 11.3 Å². The molecule has 0 saturated heterocycles. The van der Waals surface area contributed by atoms with E-state index < -0.39 is 17.8 Å². The van der Waals surface area contributed by atoms with Crippen molar-refractivity contribution in [2.75, 3.05) is 6.54 Å². The van der Waals surface area contributed by atoms with E-state index in [1.807, 2.05) is 4.68 Å². The molecule has 4 saturated carbocycles. The van der Waals surface area contributed by atoms with E-state index in [1.54, 1.807) is 17.0 Å². The number of aromatic nitrogens is 2. The molecule has 1 atom stereocenters. The molecule has 4 aliphatic carbocycles. The lowest BCUT2D eigenvalue weighted by molar-refractivity contribution is -0.101. The fourth-order valence-corrected chi connectivity index (χ4v) is 7.85. The van der Waals surface area contributed by atoms with Crippen molar-refractivity contribution in [3.63, 3.8) is 0 Å². The summed E-state index contributed by atoms with van der Waals surface area (Å²) >= 11 is 0. The van der Waals surface area contributed by atoms with Crippen LogP contribution in [0.2, 0.25) is 0 Å². The van der Waals surface area contributed by atoms with Gasteiger partial charge in [0.25, 0.3) is 5.91 Å². The van der Waals surface area contributed by atoms with E-state index in [1.165, 1.54) is 31.4 Å². The Morgan fingerprint density at radius 2 is 1.69 bits per heavy atom. The summed E-state index contributed by atoms with van der Waals surface area (Å²) in [5.41, 5.74) is 13.6. The molecular formula is C24H28FN5O2. The number of carbonyl (C=O) groups is 2. The highest BCUT2D eigenvalue weighted by atomic mass is 19.1. The lowest BCUT2D eigenvalue weighted by Crippen LogP contribution is -2.57. The Morgan fingerprint density at radius 3 is 2.25 bits per heavy atom. The summed E-state index contributed by atoms with van der Waals surface area (Å²) in [6.07, 6.45) is 6.89. The number of nitrogens with zero attached hydrogens (tertiary/aromatic N) is 3. The van der Waals surface area contributed by atoms with Crippen LogP contribution in [0.1, 0.15) is 60.6 Å². The van der Waals surface area contributed by atoms with Crippen molar-refractivity contribution in [2.45, 2.75) is 51.1 Å². The van der Waals surface area contributed by atoms with Crippen LogP contribution < -0.4 is 11.5 Å². The zero-order chi connectivity index (χ0) is 22.2. The van der Waals surface area contributed by atoms with Crippen molar-refractivity contribution in [1.29, 1.82) is 0 Å². The second kappa shape index (κ2) is 6.80. The first kappa shape index (κ1) is 19.8. The molecule has 32 heavy (non-hydrogen) atoms. The molecule has 2 aromatic rings. The molecule has 4 bridgehead atoms. The molecule has 8 heteroatoms. The smallest absolute Gasteiger partial charge is 0.315 e. The zero-order valence-corrected chi connectivity index (χ0v) is 18.0. The number of benzene rings is 1. The van der Waals surface area contributed by atoms with Crippen LogP contribution >= 0.6 is 0 Å². The summed E-state index contributed by atoms with van der Waals surface area (Å²) in [6, 6.07) is 5.25. The monoisotopic (exact) mass is 437 g/mol. The minimum Gasteiger partial charge on any atom is -0.365 e. The largest absolute Gasteiger partial charge is 0.365 e. The molecule has 7 rings (SSSR count). The van der Waals surface area contributed by atoms with Gasteiger partial charge in [0.05, 0.1) is 23.8 Å². The number of hydrogen-bond acceptors (Lipinski definition) is 3. The van der Waals surface area contributed by atoms with Crippen LogP contribution in [0, 0.1) is 29.0 Å². The molecular weight excluding hydrogens is 409 g/mol. The van der Waals surface area contributed by atoms with Crippen molar-refractivity contribution >= 4 is 11.9 Å². The van der Waals surface area contributed by atoms with Gasteiger partial charge < -0.3 is 16.4 Å². The second-order valence-corrected chi connectivity index (χ2v) is 10.4. The van der Waals surface area contributed by atoms with Crippen molar-refractivity contribution in [1.82, 2.24) is 14.7 Å². The molecule has 1 aromatic heterocycles. The molecule has 5 aliphatic rings. The van der Waals surface area contributed by atoms with Gasteiger partial charge in [0, 0.05) is 12.1 Å². The summed E-state index contributed by atoms with van der Waals surface area (Å²) in [4.78, 5) is 27.2. The third-order valence-electron chi connectivity index (χ3n) is 8.41. The molecule has 7 nitrogen and oxygen atoms in total. The van der Waals surface area contributed by atoms with E-state index in [4.69, 9.17) is 16.6 Å². The molecule has 1 unspecified atom stereocenters. The average molecular weight is 438 g/mol. The van der Waals surface area contributed by atoms with E-state index >= 15 is 0 Å². The number of primary amides is 2. The second-order valence-electron chi connectivity index (χ2n) is 10.4. The minimum absolute atomic E-state index is 0.120. The average Bonchev–Trinajstić information content (AvgIpc) is 3.11. The fraction of sp³-hybridized carbons (Fsp3) is 0.542. The number of urea groups is 1. The highest BCUT2D eigenvalue weighted by molar-refractivity contribution is 6.00. The SMILES string of the molecule is NC(=O)c1c(-c2cccc(F)c2)nn2c1C(C13CC4CC(CC(C4)C1)C3)N(C(N)=O)CC2. The Kier molecular flexibility index (Phi) is 4.20. The van der Waals surface area contributed by atoms with Crippen LogP contribution in [0.15, 0.2) is 24.3 Å². The summed E-state index contributed by atoms with van der Waals surface area (Å²) in [5.74, 6) is 0.976. The fourth-order valence-electron chi connectivity index (χ4n) is 7.85. The van der Waals surface area contributed by atoms with Gasteiger partial charge in [-0.15, -0.1) is 0 Å². The van der Waals surface area contributed by atoms with Crippen LogP contribution in [0.3, 0.4) is 0 Å². The van der Waals surface area contributed by atoms with Gasteiger partial charge in [-0.05, 0) is 73.8 Å². The molecule has 1 aliphatic heterocycles. The third-order valence-corrected chi connectivity index (χ3v) is 8.41. The van der Waals surface area contributed by atoms with Gasteiger partial charge >= 0.3 is 6.03 Å². The first-order chi connectivity index (χ1) is 15.3. The third kappa shape index (κ3) is 2.81. The summed E-state index contributed by atoms with van der Waals surface area (Å²) in [7, 11) is 0. The van der Waals surface area contributed by atoms with Crippen LogP contribution in [0.4, 0.5) is 9.18 Å². The maximum Gasteiger partial charge on any atom is 0.315 e. The normalized spacial score (nSPS) is 32.7. The first-order valence-electron chi connectivity index (χ1n) is 11.6. The minimum atomic E-state index is -0.605. The number of fused-ring (bicyclic) bond motifs is 1. The maximum absolute atomic E-state index is 14.0. The maximum atomic E-state index is 14.0. The van der Waals surface area contributed by atoms with Crippen molar-refractivity contribution in [2.24, 2.45) is 34.6 Å².